The zero-order valence-corrected chi connectivity index (χ0v) is 8.95. The molecule has 16 heavy (non-hydrogen) atoms. The van der Waals surface area contributed by atoms with Crippen molar-refractivity contribution in [3.63, 3.8) is 0 Å². The molecule has 0 radical (unpaired) electrons. The second kappa shape index (κ2) is 4.14. The van der Waals surface area contributed by atoms with Crippen molar-refractivity contribution in [2.24, 2.45) is 0 Å². The maximum atomic E-state index is 13.5. The summed E-state index contributed by atoms with van der Waals surface area (Å²) in [5.74, 6) is -1.46. The summed E-state index contributed by atoms with van der Waals surface area (Å²) in [5, 5.41) is 2.19. The molecule has 0 aromatic heterocycles. The largest absolute Gasteiger partial charge is 0.379 e. The molecule has 88 valence electrons. The summed E-state index contributed by atoms with van der Waals surface area (Å²) in [7, 11) is 0. The fourth-order valence-corrected chi connectivity index (χ4v) is 1.49. The third-order valence-electron chi connectivity index (χ3n) is 2.33. The van der Waals surface area contributed by atoms with Gasteiger partial charge in [0.25, 0.3) is 0 Å². The molecule has 1 aromatic carbocycles. The van der Waals surface area contributed by atoms with Crippen LogP contribution in [0.15, 0.2) is 12.1 Å². The molecule has 0 spiro atoms. The van der Waals surface area contributed by atoms with Gasteiger partial charge in [-0.25, -0.2) is 13.2 Å². The van der Waals surface area contributed by atoms with Crippen LogP contribution in [0.4, 0.5) is 18.9 Å². The first-order chi connectivity index (χ1) is 7.50. The topological polar surface area (TPSA) is 21.3 Å². The highest BCUT2D eigenvalue weighted by atomic mass is 35.5. The molecule has 0 bridgehead atoms. The lowest BCUT2D eigenvalue weighted by Crippen LogP contribution is -2.50. The standard InChI is InChI=1S/C10H9ClF3NO/c11-6-1-8(13)9(2-7(6)12)15-3-10(14)4-16-5-10/h1-2,15H,3-5H2. The van der Waals surface area contributed by atoms with E-state index in [2.05, 4.69) is 5.32 Å². The van der Waals surface area contributed by atoms with Crippen molar-refractivity contribution in [1.29, 1.82) is 0 Å². The molecule has 1 heterocycles. The van der Waals surface area contributed by atoms with Gasteiger partial charge in [-0.05, 0) is 6.07 Å². The van der Waals surface area contributed by atoms with Crippen LogP contribution in [0.3, 0.4) is 0 Å². The van der Waals surface area contributed by atoms with Crippen molar-refractivity contribution < 1.29 is 17.9 Å². The van der Waals surface area contributed by atoms with Crippen molar-refractivity contribution in [1.82, 2.24) is 0 Å². The average Bonchev–Trinajstić information content (AvgIpc) is 2.19. The number of nitrogens with one attached hydrogen (secondary N) is 1. The summed E-state index contributed by atoms with van der Waals surface area (Å²) >= 11 is 5.38. The molecule has 2 rings (SSSR count). The monoisotopic (exact) mass is 251 g/mol. The van der Waals surface area contributed by atoms with Gasteiger partial charge in [0, 0.05) is 6.07 Å². The Bertz CT molecular complexity index is 409. The van der Waals surface area contributed by atoms with E-state index in [1.165, 1.54) is 0 Å². The van der Waals surface area contributed by atoms with Crippen LogP contribution in [0, 0.1) is 11.6 Å². The number of hydrogen-bond donors (Lipinski definition) is 1. The summed E-state index contributed by atoms with van der Waals surface area (Å²) in [4.78, 5) is 0. The molecule has 0 amide bonds. The van der Waals surface area contributed by atoms with Crippen molar-refractivity contribution in [3.05, 3.63) is 28.8 Å². The predicted molar refractivity (Wildman–Crippen MR) is 54.5 cm³/mol. The van der Waals surface area contributed by atoms with Gasteiger partial charge in [0.05, 0.1) is 30.5 Å². The highest BCUT2D eigenvalue weighted by Gasteiger charge is 2.38. The normalized spacial score (nSPS) is 18.0. The molecule has 2 nitrogen and oxygen atoms in total. The molecular formula is C10H9ClF3NO. The molecule has 1 aliphatic heterocycles. The van der Waals surface area contributed by atoms with Crippen molar-refractivity contribution in [2.45, 2.75) is 5.67 Å². The van der Waals surface area contributed by atoms with Crippen molar-refractivity contribution in [2.75, 3.05) is 25.1 Å². The third-order valence-corrected chi connectivity index (χ3v) is 2.62. The molecule has 1 N–H and O–H groups in total. The van der Waals surface area contributed by atoms with Gasteiger partial charge in [-0.15, -0.1) is 0 Å². The number of benzene rings is 1. The van der Waals surface area contributed by atoms with Gasteiger partial charge in [0.1, 0.15) is 11.6 Å². The van der Waals surface area contributed by atoms with E-state index < -0.39 is 17.3 Å². The predicted octanol–water partition coefficient (Wildman–Crippen LogP) is 2.77. The Morgan fingerprint density at radius 2 is 2.00 bits per heavy atom. The zero-order chi connectivity index (χ0) is 11.8. The van der Waals surface area contributed by atoms with E-state index in [0.29, 0.717) is 0 Å². The molecule has 1 aliphatic rings. The van der Waals surface area contributed by atoms with Gasteiger partial charge in [0.2, 0.25) is 0 Å². The molecule has 0 unspecified atom stereocenters. The van der Waals surface area contributed by atoms with Crippen LogP contribution in [-0.2, 0) is 4.74 Å². The summed E-state index contributed by atoms with van der Waals surface area (Å²) in [6.07, 6.45) is 0. The minimum Gasteiger partial charge on any atom is -0.379 e. The van der Waals surface area contributed by atoms with E-state index in [1.807, 2.05) is 0 Å². The maximum absolute atomic E-state index is 13.5. The number of hydrogen-bond acceptors (Lipinski definition) is 2. The van der Waals surface area contributed by atoms with Crippen LogP contribution in [0.2, 0.25) is 5.02 Å². The molecule has 0 aliphatic carbocycles. The van der Waals surface area contributed by atoms with Gasteiger partial charge in [0.15, 0.2) is 5.67 Å². The smallest absolute Gasteiger partial charge is 0.174 e. The first-order valence-corrected chi connectivity index (χ1v) is 5.03. The Morgan fingerprint density at radius 1 is 1.31 bits per heavy atom. The lowest BCUT2D eigenvalue weighted by molar-refractivity contribution is -0.121. The fourth-order valence-electron chi connectivity index (χ4n) is 1.34. The van der Waals surface area contributed by atoms with Crippen LogP contribution in [0.1, 0.15) is 0 Å². The molecular weight excluding hydrogens is 243 g/mol. The van der Waals surface area contributed by atoms with Gasteiger partial charge in [-0.1, -0.05) is 11.6 Å². The highest BCUT2D eigenvalue weighted by Crippen LogP contribution is 2.26. The summed E-state index contributed by atoms with van der Waals surface area (Å²) in [6.45, 7) is -0.180. The molecule has 6 heteroatoms. The Kier molecular flexibility index (Phi) is 2.99. The highest BCUT2D eigenvalue weighted by molar-refractivity contribution is 6.30. The third kappa shape index (κ3) is 2.25. The van der Waals surface area contributed by atoms with Crippen LogP contribution in [-0.4, -0.2) is 25.4 Å². The number of alkyl halides is 1. The second-order valence-electron chi connectivity index (χ2n) is 3.74. The summed E-state index contributed by atoms with van der Waals surface area (Å²) in [5.41, 5.74) is -1.60. The number of halogens is 4. The molecule has 1 saturated heterocycles. The summed E-state index contributed by atoms with van der Waals surface area (Å²) < 4.78 is 44.4. The SMILES string of the molecule is Fc1cc(NCC2(F)COC2)c(F)cc1Cl. The lowest BCUT2D eigenvalue weighted by atomic mass is 10.1. The Morgan fingerprint density at radius 3 is 2.56 bits per heavy atom. The number of anilines is 1. The summed E-state index contributed by atoms with van der Waals surface area (Å²) in [6, 6.07) is 1.75. The molecule has 1 fully saturated rings. The van der Waals surface area contributed by atoms with E-state index in [1.54, 1.807) is 0 Å². The van der Waals surface area contributed by atoms with E-state index >= 15 is 0 Å². The molecule has 0 atom stereocenters. The van der Waals surface area contributed by atoms with Crippen molar-refractivity contribution in [3.8, 4) is 0 Å². The minimum atomic E-state index is -1.50. The van der Waals surface area contributed by atoms with Crippen LogP contribution >= 0.6 is 11.6 Å². The molecule has 1 aromatic rings. The van der Waals surface area contributed by atoms with Gasteiger partial charge in [-0.2, -0.15) is 0 Å². The Labute approximate surface area is 95.3 Å². The fraction of sp³-hybridized carbons (Fsp3) is 0.400. The van der Waals surface area contributed by atoms with Crippen LogP contribution in [0.25, 0.3) is 0 Å². The van der Waals surface area contributed by atoms with E-state index in [4.69, 9.17) is 16.3 Å². The molecule has 0 saturated carbocycles. The first-order valence-electron chi connectivity index (χ1n) is 4.65. The van der Waals surface area contributed by atoms with E-state index in [9.17, 15) is 13.2 Å². The first kappa shape index (κ1) is 11.5. The van der Waals surface area contributed by atoms with E-state index in [-0.39, 0.29) is 30.5 Å². The van der Waals surface area contributed by atoms with Gasteiger partial charge < -0.3 is 10.1 Å². The van der Waals surface area contributed by atoms with Gasteiger partial charge in [-0.3, -0.25) is 0 Å². The second-order valence-corrected chi connectivity index (χ2v) is 4.15. The maximum Gasteiger partial charge on any atom is 0.174 e. The number of rotatable bonds is 3. The zero-order valence-electron chi connectivity index (χ0n) is 8.20. The van der Waals surface area contributed by atoms with Gasteiger partial charge >= 0.3 is 0 Å². The number of ether oxygens (including phenoxy) is 1. The average molecular weight is 252 g/mol. The minimum absolute atomic E-state index is 0.0301. The van der Waals surface area contributed by atoms with E-state index in [0.717, 1.165) is 12.1 Å². The van der Waals surface area contributed by atoms with Crippen molar-refractivity contribution >= 4 is 17.3 Å². The quantitative estimate of drug-likeness (QED) is 0.834. The lowest BCUT2D eigenvalue weighted by Gasteiger charge is -2.33. The van der Waals surface area contributed by atoms with Crippen LogP contribution in [0.5, 0.6) is 0 Å². The van der Waals surface area contributed by atoms with Crippen LogP contribution < -0.4 is 5.32 Å². The Hall–Kier alpha value is -0.940. The Balaban J connectivity index is 2.06.